The summed E-state index contributed by atoms with van der Waals surface area (Å²) in [6.45, 7) is 0. The maximum atomic E-state index is 2.49. The van der Waals surface area contributed by atoms with E-state index in [9.17, 15) is 0 Å². The molecule has 2 heteroatoms. The van der Waals surface area contributed by atoms with Crippen molar-refractivity contribution in [3.8, 4) is 27.9 Å². The van der Waals surface area contributed by atoms with E-state index in [0.29, 0.717) is 0 Å². The van der Waals surface area contributed by atoms with Crippen LogP contribution in [0.4, 0.5) is 17.1 Å². The minimum absolute atomic E-state index is 0.518. The lowest BCUT2D eigenvalue weighted by molar-refractivity contribution is 0.768. The van der Waals surface area contributed by atoms with E-state index in [2.05, 4.69) is 276 Å². The summed E-state index contributed by atoms with van der Waals surface area (Å²) in [4.78, 5) is 2.49. The normalized spacial score (nSPS) is 12.8. The lowest BCUT2D eigenvalue weighted by atomic mass is 9.68. The number of hydrogen-bond acceptors (Lipinski definition) is 1. The second-order valence-corrected chi connectivity index (χ2v) is 18.4. The smallest absolute Gasteiger partial charge is 0.0714 e. The molecular formula is C67H44N2. The molecule has 322 valence electrons. The first-order valence-corrected chi connectivity index (χ1v) is 23.9. The summed E-state index contributed by atoms with van der Waals surface area (Å²) in [5.74, 6) is 0. The molecule has 1 aromatic heterocycles. The molecule has 0 bridgehead atoms. The van der Waals surface area contributed by atoms with E-state index in [1.807, 2.05) is 0 Å². The van der Waals surface area contributed by atoms with Crippen LogP contribution >= 0.6 is 0 Å². The number of anilines is 3. The Morgan fingerprint density at radius 1 is 0.333 bits per heavy atom. The van der Waals surface area contributed by atoms with Crippen molar-refractivity contribution < 1.29 is 0 Å². The molecule has 1 aliphatic carbocycles. The van der Waals surface area contributed by atoms with Crippen molar-refractivity contribution in [1.29, 1.82) is 0 Å². The zero-order chi connectivity index (χ0) is 45.5. The highest BCUT2D eigenvalue weighted by Crippen LogP contribution is 2.59. The number of para-hydroxylation sites is 1. The zero-order valence-corrected chi connectivity index (χ0v) is 37.8. The van der Waals surface area contributed by atoms with Crippen LogP contribution in [0, 0.1) is 0 Å². The van der Waals surface area contributed by atoms with Gasteiger partial charge in [-0.3, -0.25) is 0 Å². The molecule has 0 unspecified atom stereocenters. The number of benzene rings is 12. The minimum Gasteiger partial charge on any atom is -0.310 e. The molecule has 2 nitrogen and oxygen atoms in total. The molecule has 0 spiro atoms. The summed E-state index contributed by atoms with van der Waals surface area (Å²) >= 11 is 0. The lowest BCUT2D eigenvalue weighted by Crippen LogP contribution is -2.28. The van der Waals surface area contributed by atoms with Gasteiger partial charge in [0.15, 0.2) is 0 Å². The van der Waals surface area contributed by atoms with Crippen molar-refractivity contribution in [3.63, 3.8) is 0 Å². The molecule has 0 fully saturated rings. The average Bonchev–Trinajstić information content (AvgIpc) is 3.93. The number of nitrogens with zero attached hydrogens (tertiary/aromatic N) is 2. The van der Waals surface area contributed by atoms with Gasteiger partial charge in [-0.05, 0) is 114 Å². The van der Waals surface area contributed by atoms with Gasteiger partial charge in [0.25, 0.3) is 0 Å². The maximum absolute atomic E-state index is 2.49. The Morgan fingerprint density at radius 2 is 0.884 bits per heavy atom. The fourth-order valence-corrected chi connectivity index (χ4v) is 11.8. The van der Waals surface area contributed by atoms with E-state index < -0.39 is 5.41 Å². The van der Waals surface area contributed by atoms with Gasteiger partial charge in [-0.25, -0.2) is 0 Å². The second-order valence-electron chi connectivity index (χ2n) is 18.4. The highest BCUT2D eigenvalue weighted by atomic mass is 15.1. The van der Waals surface area contributed by atoms with Crippen LogP contribution in [0.15, 0.2) is 267 Å². The van der Waals surface area contributed by atoms with Crippen LogP contribution in [0.25, 0.3) is 82.1 Å². The summed E-state index contributed by atoms with van der Waals surface area (Å²) in [5.41, 5.74) is 16.3. The van der Waals surface area contributed by atoms with Crippen molar-refractivity contribution in [2.45, 2.75) is 5.41 Å². The highest BCUT2D eigenvalue weighted by molar-refractivity contribution is 6.19. The molecular weight excluding hydrogens is 833 g/mol. The molecule has 0 aliphatic heterocycles. The van der Waals surface area contributed by atoms with Crippen LogP contribution in [0.1, 0.15) is 22.3 Å². The lowest BCUT2D eigenvalue weighted by Gasteiger charge is -2.34. The Balaban J connectivity index is 0.979. The number of fused-ring (bicyclic) bond motifs is 11. The number of hydrogen-bond donors (Lipinski definition) is 0. The summed E-state index contributed by atoms with van der Waals surface area (Å²) in [6, 6.07) is 98.7. The Morgan fingerprint density at radius 3 is 1.65 bits per heavy atom. The molecule has 12 aromatic carbocycles. The van der Waals surface area contributed by atoms with Gasteiger partial charge in [0.05, 0.1) is 22.1 Å². The Bertz CT molecular complexity index is 4070. The van der Waals surface area contributed by atoms with Crippen molar-refractivity contribution in [2.24, 2.45) is 0 Å². The monoisotopic (exact) mass is 876 g/mol. The minimum atomic E-state index is -0.518. The standard InChI is InChI=1S/C67H44N2/c1-4-19-50(20-5-1)67(51-21-6-2-7-22-51)61-28-15-14-27-60(61)65-62(67)29-16-30-63(65)68(54-39-42-56-49(43-54)32-31-46-17-10-12-25-55(46)56)53-37-33-45(34-38-53)48-36-40-58-59-41-35-47-18-11-13-26-57(47)66(59)69(64(58)44-48)52-23-8-3-9-24-52/h1-44H. The highest BCUT2D eigenvalue weighted by Gasteiger charge is 2.47. The van der Waals surface area contributed by atoms with E-state index >= 15 is 0 Å². The fourth-order valence-electron chi connectivity index (χ4n) is 11.8. The van der Waals surface area contributed by atoms with Crippen molar-refractivity contribution in [3.05, 3.63) is 289 Å². The first-order valence-electron chi connectivity index (χ1n) is 23.9. The van der Waals surface area contributed by atoms with Crippen molar-refractivity contribution in [2.75, 3.05) is 4.90 Å². The Hall–Kier alpha value is -8.98. The Labute approximate surface area is 401 Å². The molecule has 1 aliphatic rings. The van der Waals surface area contributed by atoms with Gasteiger partial charge in [-0.2, -0.15) is 0 Å². The first-order chi connectivity index (χ1) is 34.2. The SMILES string of the molecule is c1ccc(-n2c3cc(-c4ccc(N(c5ccc6c(ccc7ccccc76)c5)c5cccc6c5-c5ccccc5C6(c5ccccc5)c5ccccc5)cc4)ccc3c3ccc4ccccc4c32)cc1. The molecule has 0 radical (unpaired) electrons. The molecule has 0 N–H and O–H groups in total. The van der Waals surface area contributed by atoms with E-state index in [1.54, 1.807) is 0 Å². The van der Waals surface area contributed by atoms with Crippen molar-refractivity contribution in [1.82, 2.24) is 4.57 Å². The fraction of sp³-hybridized carbons (Fsp3) is 0.0149. The van der Waals surface area contributed by atoms with Gasteiger partial charge in [-0.15, -0.1) is 0 Å². The topological polar surface area (TPSA) is 8.17 Å². The average molecular weight is 877 g/mol. The second kappa shape index (κ2) is 15.6. The predicted octanol–water partition coefficient (Wildman–Crippen LogP) is 17.7. The van der Waals surface area contributed by atoms with E-state index in [0.717, 1.165) is 28.3 Å². The molecule has 0 saturated carbocycles. The maximum Gasteiger partial charge on any atom is 0.0714 e. The van der Waals surface area contributed by atoms with Crippen LogP contribution < -0.4 is 4.90 Å². The molecule has 69 heavy (non-hydrogen) atoms. The summed E-state index contributed by atoms with van der Waals surface area (Å²) in [6.07, 6.45) is 0. The van der Waals surface area contributed by atoms with Gasteiger partial charge in [0.1, 0.15) is 0 Å². The van der Waals surface area contributed by atoms with Gasteiger partial charge < -0.3 is 9.47 Å². The van der Waals surface area contributed by atoms with Crippen LogP contribution in [0.3, 0.4) is 0 Å². The molecule has 0 saturated heterocycles. The molecule has 13 aromatic rings. The summed E-state index contributed by atoms with van der Waals surface area (Å²) < 4.78 is 2.45. The van der Waals surface area contributed by atoms with Crippen LogP contribution in [-0.4, -0.2) is 4.57 Å². The largest absolute Gasteiger partial charge is 0.310 e. The van der Waals surface area contributed by atoms with Gasteiger partial charge >= 0.3 is 0 Å². The number of rotatable bonds is 7. The molecule has 0 amide bonds. The molecule has 14 rings (SSSR count). The third kappa shape index (κ3) is 5.92. The van der Waals surface area contributed by atoms with E-state index in [4.69, 9.17) is 0 Å². The summed E-state index contributed by atoms with van der Waals surface area (Å²) in [5, 5.41) is 9.96. The van der Waals surface area contributed by atoms with Crippen LogP contribution in [0.5, 0.6) is 0 Å². The third-order valence-electron chi connectivity index (χ3n) is 14.8. The van der Waals surface area contributed by atoms with Gasteiger partial charge in [-0.1, -0.05) is 218 Å². The predicted molar refractivity (Wildman–Crippen MR) is 291 cm³/mol. The third-order valence-corrected chi connectivity index (χ3v) is 14.8. The van der Waals surface area contributed by atoms with Crippen LogP contribution in [-0.2, 0) is 5.41 Å². The van der Waals surface area contributed by atoms with E-state index in [-0.39, 0.29) is 0 Å². The molecule has 0 atom stereocenters. The number of aromatic nitrogens is 1. The quantitative estimate of drug-likeness (QED) is 0.145. The zero-order valence-electron chi connectivity index (χ0n) is 37.8. The summed E-state index contributed by atoms with van der Waals surface area (Å²) in [7, 11) is 0. The first kappa shape index (κ1) is 39.2. The molecule has 1 heterocycles. The van der Waals surface area contributed by atoms with Gasteiger partial charge in [0, 0.05) is 38.8 Å². The van der Waals surface area contributed by atoms with Crippen LogP contribution in [0.2, 0.25) is 0 Å². The van der Waals surface area contributed by atoms with Crippen molar-refractivity contribution >= 4 is 71.2 Å². The van der Waals surface area contributed by atoms with E-state index in [1.165, 1.54) is 93.1 Å². The van der Waals surface area contributed by atoms with Gasteiger partial charge in [0.2, 0.25) is 0 Å². The Kier molecular flexibility index (Phi) is 8.84.